The molecule has 2 fully saturated rings. The van der Waals surface area contributed by atoms with Crippen molar-refractivity contribution >= 4 is 28.5 Å². The second kappa shape index (κ2) is 7.15. The van der Waals surface area contributed by atoms with Crippen molar-refractivity contribution in [3.63, 3.8) is 0 Å². The lowest BCUT2D eigenvalue weighted by atomic mass is 9.92. The highest BCUT2D eigenvalue weighted by Crippen LogP contribution is 2.40. The van der Waals surface area contributed by atoms with E-state index in [0.29, 0.717) is 22.3 Å². The molecule has 2 saturated heterocycles. The third kappa shape index (κ3) is 3.49. The number of carbonyl (C=O) groups excluding carboxylic acids is 1. The molecule has 2 heterocycles. The minimum absolute atomic E-state index is 0.334. The summed E-state index contributed by atoms with van der Waals surface area (Å²) >= 11 is 7.98. The molecule has 0 aromatic heterocycles. The Kier molecular flexibility index (Phi) is 5.76. The molecule has 112 valence electrons. The first kappa shape index (κ1) is 16.1. The van der Waals surface area contributed by atoms with E-state index in [1.54, 1.807) is 11.8 Å². The summed E-state index contributed by atoms with van der Waals surface area (Å²) in [5.74, 6) is 0.538. The van der Waals surface area contributed by atoms with Crippen LogP contribution in [0.1, 0.15) is 40.0 Å². The van der Waals surface area contributed by atoms with Gasteiger partial charge in [-0.05, 0) is 44.7 Å². The van der Waals surface area contributed by atoms with Gasteiger partial charge >= 0.3 is 0 Å². The summed E-state index contributed by atoms with van der Waals surface area (Å²) in [7, 11) is 0. The zero-order valence-corrected chi connectivity index (χ0v) is 14.1. The largest absolute Gasteiger partial charge is 0.296 e. The van der Waals surface area contributed by atoms with Gasteiger partial charge in [-0.15, -0.1) is 0 Å². The van der Waals surface area contributed by atoms with E-state index in [9.17, 15) is 4.79 Å². The maximum absolute atomic E-state index is 11.6. The van der Waals surface area contributed by atoms with Gasteiger partial charge in [-0.3, -0.25) is 9.69 Å². The zero-order chi connectivity index (χ0) is 14.7. The minimum Gasteiger partial charge on any atom is -0.296 e. The molecule has 0 spiro atoms. The number of nitrogens with zero attached hydrogens (tertiary/aromatic N) is 1. The highest BCUT2D eigenvalue weighted by atomic mass is 35.5. The number of thioether (sulfide) groups is 1. The van der Waals surface area contributed by atoms with Crippen LogP contribution in [0.15, 0.2) is 22.8 Å². The number of likely N-dealkylation sites (tertiary alicyclic amines) is 1. The molecule has 2 aliphatic heterocycles. The molecule has 0 saturated carbocycles. The third-order valence-electron chi connectivity index (χ3n) is 4.37. The van der Waals surface area contributed by atoms with Crippen molar-refractivity contribution in [3.05, 3.63) is 22.8 Å². The van der Waals surface area contributed by atoms with Gasteiger partial charge in [0.15, 0.2) is 5.12 Å². The monoisotopic (exact) mass is 313 g/mol. The summed E-state index contributed by atoms with van der Waals surface area (Å²) in [6.45, 7) is 8.46. The Balaban J connectivity index is 2.09. The molecule has 0 bridgehead atoms. The van der Waals surface area contributed by atoms with Crippen molar-refractivity contribution in [1.82, 2.24) is 4.90 Å². The SMILES string of the molecule is C/C=C\C(=C(\Cl)CC)[C@@H](C)N1CCC2SC(=O)CC2C1. The number of piperidine rings is 1. The van der Waals surface area contributed by atoms with Crippen LogP contribution in [0.3, 0.4) is 0 Å². The molecule has 0 aliphatic carbocycles. The Hall–Kier alpha value is -0.250. The number of hydrogen-bond donors (Lipinski definition) is 0. The maximum Gasteiger partial charge on any atom is 0.189 e. The van der Waals surface area contributed by atoms with Crippen LogP contribution in [-0.4, -0.2) is 34.4 Å². The lowest BCUT2D eigenvalue weighted by Crippen LogP contribution is -2.45. The number of carbonyl (C=O) groups is 1. The molecule has 2 aliphatic rings. The summed E-state index contributed by atoms with van der Waals surface area (Å²) in [6, 6.07) is 0.334. The summed E-state index contributed by atoms with van der Waals surface area (Å²) in [5, 5.41) is 1.89. The van der Waals surface area contributed by atoms with Crippen LogP contribution in [0, 0.1) is 5.92 Å². The molecular formula is C16H24ClNOS. The van der Waals surface area contributed by atoms with Crippen molar-refractivity contribution in [1.29, 1.82) is 0 Å². The van der Waals surface area contributed by atoms with E-state index < -0.39 is 0 Å². The van der Waals surface area contributed by atoms with Gasteiger partial charge < -0.3 is 0 Å². The fourth-order valence-electron chi connectivity index (χ4n) is 3.21. The molecule has 0 aromatic rings. The van der Waals surface area contributed by atoms with Gasteiger partial charge in [0.05, 0.1) is 0 Å². The van der Waals surface area contributed by atoms with Gasteiger partial charge in [0.25, 0.3) is 0 Å². The lowest BCUT2D eigenvalue weighted by Gasteiger charge is -2.38. The first-order valence-corrected chi connectivity index (χ1v) is 8.77. The third-order valence-corrected chi connectivity index (χ3v) is 6.21. The van der Waals surface area contributed by atoms with Crippen molar-refractivity contribution in [2.24, 2.45) is 5.92 Å². The summed E-state index contributed by atoms with van der Waals surface area (Å²) in [5.41, 5.74) is 1.23. The molecule has 0 aromatic carbocycles. The van der Waals surface area contributed by atoms with Crippen molar-refractivity contribution in [2.75, 3.05) is 13.1 Å². The average molecular weight is 314 g/mol. The predicted molar refractivity (Wildman–Crippen MR) is 88.1 cm³/mol. The molecule has 2 nitrogen and oxygen atoms in total. The summed E-state index contributed by atoms with van der Waals surface area (Å²) < 4.78 is 0. The topological polar surface area (TPSA) is 20.3 Å². The molecular weight excluding hydrogens is 290 g/mol. The molecule has 2 rings (SSSR count). The quantitative estimate of drug-likeness (QED) is 0.725. The Morgan fingerprint density at radius 3 is 3.00 bits per heavy atom. The van der Waals surface area contributed by atoms with E-state index in [1.165, 1.54) is 5.57 Å². The second-order valence-corrected chi connectivity index (χ2v) is 7.42. The van der Waals surface area contributed by atoms with E-state index in [2.05, 4.69) is 30.9 Å². The maximum atomic E-state index is 11.6. The van der Waals surface area contributed by atoms with Crippen LogP contribution in [0.5, 0.6) is 0 Å². The number of fused-ring (bicyclic) bond motifs is 1. The standard InChI is InChI=1S/C16H24ClNOS/c1-4-6-13(14(17)5-2)11(3)18-8-7-15-12(10-18)9-16(19)20-15/h4,6,11-12,15H,5,7-10H2,1-3H3/b6-4-,14-13-/t11-,12?,15?/m1/s1. The Bertz CT molecular complexity index is 432. The zero-order valence-electron chi connectivity index (χ0n) is 12.6. The van der Waals surface area contributed by atoms with Crippen LogP contribution in [0.4, 0.5) is 0 Å². The first-order valence-electron chi connectivity index (χ1n) is 7.51. The van der Waals surface area contributed by atoms with E-state index in [0.717, 1.165) is 37.4 Å². The van der Waals surface area contributed by atoms with Gasteiger partial charge in [0, 0.05) is 29.3 Å². The highest BCUT2D eigenvalue weighted by molar-refractivity contribution is 8.14. The lowest BCUT2D eigenvalue weighted by molar-refractivity contribution is -0.111. The first-order chi connectivity index (χ1) is 9.56. The van der Waals surface area contributed by atoms with Crippen molar-refractivity contribution in [3.8, 4) is 0 Å². The highest BCUT2D eigenvalue weighted by Gasteiger charge is 2.39. The molecule has 3 atom stereocenters. The van der Waals surface area contributed by atoms with Gasteiger partial charge in [-0.25, -0.2) is 0 Å². The molecule has 0 amide bonds. The fourth-order valence-corrected chi connectivity index (χ4v) is 4.68. The minimum atomic E-state index is 0.334. The molecule has 20 heavy (non-hydrogen) atoms. The second-order valence-electron chi connectivity index (χ2n) is 5.67. The Morgan fingerprint density at radius 1 is 1.60 bits per heavy atom. The molecule has 4 heteroatoms. The van der Waals surface area contributed by atoms with E-state index in [1.807, 2.05) is 6.92 Å². The smallest absolute Gasteiger partial charge is 0.189 e. The van der Waals surface area contributed by atoms with E-state index >= 15 is 0 Å². The van der Waals surface area contributed by atoms with Gasteiger partial charge in [0.2, 0.25) is 0 Å². The van der Waals surface area contributed by atoms with Crippen LogP contribution >= 0.6 is 23.4 Å². The van der Waals surface area contributed by atoms with E-state index in [4.69, 9.17) is 11.6 Å². The van der Waals surface area contributed by atoms with Crippen LogP contribution in [0.25, 0.3) is 0 Å². The van der Waals surface area contributed by atoms with Crippen molar-refractivity contribution < 1.29 is 4.79 Å². The number of rotatable bonds is 4. The molecule has 0 N–H and O–H groups in total. The predicted octanol–water partition coefficient (Wildman–Crippen LogP) is 4.21. The Morgan fingerprint density at radius 2 is 2.35 bits per heavy atom. The van der Waals surface area contributed by atoms with Crippen LogP contribution in [-0.2, 0) is 4.79 Å². The number of hydrogen-bond acceptors (Lipinski definition) is 3. The average Bonchev–Trinajstić information content (AvgIpc) is 2.82. The molecule has 0 radical (unpaired) electrons. The van der Waals surface area contributed by atoms with Gasteiger partial charge in [-0.1, -0.05) is 42.4 Å². The molecule has 2 unspecified atom stereocenters. The van der Waals surface area contributed by atoms with Crippen molar-refractivity contribution in [2.45, 2.75) is 51.3 Å². The number of halogens is 1. The van der Waals surface area contributed by atoms with E-state index in [-0.39, 0.29) is 0 Å². The Labute approximate surface area is 131 Å². The normalized spacial score (nSPS) is 30.5. The van der Waals surface area contributed by atoms with Crippen LogP contribution in [0.2, 0.25) is 0 Å². The summed E-state index contributed by atoms with van der Waals surface area (Å²) in [4.78, 5) is 14.1. The van der Waals surface area contributed by atoms with Gasteiger partial charge in [0.1, 0.15) is 0 Å². The number of allylic oxidation sites excluding steroid dienone is 2. The summed E-state index contributed by atoms with van der Waals surface area (Å²) in [6.07, 6.45) is 6.95. The van der Waals surface area contributed by atoms with Crippen LogP contribution < -0.4 is 0 Å². The fraction of sp³-hybridized carbons (Fsp3) is 0.688. The van der Waals surface area contributed by atoms with Gasteiger partial charge in [-0.2, -0.15) is 0 Å².